The molecule has 0 spiro atoms. The number of fused-ring (bicyclic) bond motifs is 1. The maximum absolute atomic E-state index is 12.2. The van der Waals surface area contributed by atoms with Gasteiger partial charge in [-0.2, -0.15) is 0 Å². The molecule has 6 nitrogen and oxygen atoms in total. The molecule has 0 atom stereocenters. The molecule has 2 heterocycles. The van der Waals surface area contributed by atoms with Gasteiger partial charge in [-0.25, -0.2) is 4.98 Å². The van der Waals surface area contributed by atoms with Crippen LogP contribution in [-0.4, -0.2) is 48.7 Å². The lowest BCUT2D eigenvalue weighted by Crippen LogP contribution is -2.41. The minimum atomic E-state index is 0.109. The van der Waals surface area contributed by atoms with Gasteiger partial charge in [0.05, 0.1) is 11.0 Å². The number of aromatic nitrogens is 2. The lowest BCUT2D eigenvalue weighted by atomic mass is 9.96. The summed E-state index contributed by atoms with van der Waals surface area (Å²) in [7, 11) is 0. The molecular weight excluding hydrogens is 304 g/mol. The minimum Gasteiger partial charge on any atom is -0.382 e. The van der Waals surface area contributed by atoms with Gasteiger partial charge in [-0.1, -0.05) is 12.1 Å². The van der Waals surface area contributed by atoms with Gasteiger partial charge in [0, 0.05) is 38.8 Å². The maximum Gasteiger partial charge on any atom is 0.223 e. The van der Waals surface area contributed by atoms with Crippen molar-refractivity contribution in [3.8, 4) is 0 Å². The number of benzene rings is 1. The predicted octanol–water partition coefficient (Wildman–Crippen LogP) is 2.32. The topological polar surface area (TPSA) is 70.2 Å². The van der Waals surface area contributed by atoms with Crippen LogP contribution in [0.1, 0.15) is 26.2 Å². The Labute approximate surface area is 142 Å². The Hall–Kier alpha value is -2.08. The summed E-state index contributed by atoms with van der Waals surface area (Å²) in [5.41, 5.74) is 2.04. The molecule has 3 rings (SSSR count). The molecule has 0 bridgehead atoms. The predicted molar refractivity (Wildman–Crippen MR) is 95.2 cm³/mol. The second kappa shape index (κ2) is 8.15. The molecule has 0 unspecified atom stereocenters. The SMILES string of the molecule is CCOCCCNC(=O)C1CCN(c2nc3ccccc3[nH]2)CC1. The molecule has 1 amide bonds. The van der Waals surface area contributed by atoms with Gasteiger partial charge < -0.3 is 19.9 Å². The molecular formula is C18H26N4O2. The van der Waals surface area contributed by atoms with Gasteiger partial charge >= 0.3 is 0 Å². The number of carbonyl (C=O) groups excluding carboxylic acids is 1. The number of H-pyrrole nitrogens is 1. The van der Waals surface area contributed by atoms with Gasteiger partial charge in [0.15, 0.2) is 0 Å². The van der Waals surface area contributed by atoms with Gasteiger partial charge in [0.25, 0.3) is 0 Å². The van der Waals surface area contributed by atoms with Crippen LogP contribution in [0.5, 0.6) is 0 Å². The Balaban J connectivity index is 1.46. The van der Waals surface area contributed by atoms with Crippen LogP contribution in [0.25, 0.3) is 11.0 Å². The van der Waals surface area contributed by atoms with Gasteiger partial charge in [0.1, 0.15) is 0 Å². The molecule has 2 N–H and O–H groups in total. The molecule has 0 saturated carbocycles. The quantitative estimate of drug-likeness (QED) is 0.765. The maximum atomic E-state index is 12.2. The van der Waals surface area contributed by atoms with Crippen LogP contribution in [0.15, 0.2) is 24.3 Å². The monoisotopic (exact) mass is 330 g/mol. The van der Waals surface area contributed by atoms with Crippen molar-refractivity contribution in [2.45, 2.75) is 26.2 Å². The Morgan fingerprint density at radius 2 is 2.17 bits per heavy atom. The molecule has 2 aromatic rings. The Morgan fingerprint density at radius 1 is 1.38 bits per heavy atom. The summed E-state index contributed by atoms with van der Waals surface area (Å²) in [6.45, 7) is 5.83. The number of hydrogen-bond acceptors (Lipinski definition) is 4. The van der Waals surface area contributed by atoms with E-state index in [9.17, 15) is 4.79 Å². The number of rotatable bonds is 7. The van der Waals surface area contributed by atoms with Crippen LogP contribution >= 0.6 is 0 Å². The van der Waals surface area contributed by atoms with Crippen molar-refractivity contribution in [2.75, 3.05) is 37.7 Å². The van der Waals surface area contributed by atoms with E-state index in [1.807, 2.05) is 31.2 Å². The first-order chi connectivity index (χ1) is 11.8. The van der Waals surface area contributed by atoms with Crippen LogP contribution in [0.2, 0.25) is 0 Å². The highest BCUT2D eigenvalue weighted by Crippen LogP contribution is 2.23. The number of nitrogens with one attached hydrogen (secondary N) is 2. The number of anilines is 1. The normalized spacial score (nSPS) is 15.8. The van der Waals surface area contributed by atoms with Crippen LogP contribution in [0.3, 0.4) is 0 Å². The molecule has 1 saturated heterocycles. The number of carbonyl (C=O) groups is 1. The van der Waals surface area contributed by atoms with Crippen molar-refractivity contribution in [1.82, 2.24) is 15.3 Å². The van der Waals surface area contributed by atoms with Gasteiger partial charge in [-0.15, -0.1) is 0 Å². The molecule has 130 valence electrons. The first kappa shape index (κ1) is 16.8. The number of imidazole rings is 1. The molecule has 1 aliphatic heterocycles. The van der Waals surface area contributed by atoms with E-state index in [1.165, 1.54) is 0 Å². The molecule has 1 aliphatic rings. The van der Waals surface area contributed by atoms with Crippen molar-refractivity contribution in [3.05, 3.63) is 24.3 Å². The molecule has 1 aromatic heterocycles. The molecule has 0 radical (unpaired) electrons. The van der Waals surface area contributed by atoms with Gasteiger partial charge in [-0.3, -0.25) is 4.79 Å². The minimum absolute atomic E-state index is 0.109. The summed E-state index contributed by atoms with van der Waals surface area (Å²) in [4.78, 5) is 22.5. The second-order valence-corrected chi connectivity index (χ2v) is 6.18. The zero-order chi connectivity index (χ0) is 16.8. The van der Waals surface area contributed by atoms with Gasteiger partial charge in [0.2, 0.25) is 11.9 Å². The fraction of sp³-hybridized carbons (Fsp3) is 0.556. The summed E-state index contributed by atoms with van der Waals surface area (Å²) in [5.74, 6) is 1.19. The number of aromatic amines is 1. The molecule has 24 heavy (non-hydrogen) atoms. The van der Waals surface area contributed by atoms with Crippen LogP contribution in [0, 0.1) is 5.92 Å². The number of ether oxygens (including phenoxy) is 1. The van der Waals surface area contributed by atoms with Crippen LogP contribution in [0.4, 0.5) is 5.95 Å². The van der Waals surface area contributed by atoms with E-state index >= 15 is 0 Å². The number of nitrogens with zero attached hydrogens (tertiary/aromatic N) is 2. The lowest BCUT2D eigenvalue weighted by molar-refractivity contribution is -0.125. The zero-order valence-electron chi connectivity index (χ0n) is 14.3. The fourth-order valence-corrected chi connectivity index (χ4v) is 3.12. The Morgan fingerprint density at radius 3 is 2.92 bits per heavy atom. The van der Waals surface area contributed by atoms with E-state index < -0.39 is 0 Å². The highest BCUT2D eigenvalue weighted by molar-refractivity contribution is 5.79. The van der Waals surface area contributed by atoms with E-state index in [0.29, 0.717) is 13.2 Å². The average molecular weight is 330 g/mol. The summed E-state index contributed by atoms with van der Waals surface area (Å²) in [6.07, 6.45) is 2.61. The molecule has 1 aromatic carbocycles. The summed E-state index contributed by atoms with van der Waals surface area (Å²) >= 11 is 0. The van der Waals surface area contributed by atoms with E-state index in [1.54, 1.807) is 0 Å². The average Bonchev–Trinajstić information content (AvgIpc) is 3.05. The number of para-hydroxylation sites is 2. The van der Waals surface area contributed by atoms with E-state index in [2.05, 4.69) is 20.2 Å². The third kappa shape index (κ3) is 4.06. The van der Waals surface area contributed by atoms with Crippen LogP contribution < -0.4 is 10.2 Å². The largest absolute Gasteiger partial charge is 0.382 e. The lowest BCUT2D eigenvalue weighted by Gasteiger charge is -2.31. The van der Waals surface area contributed by atoms with Crippen molar-refractivity contribution < 1.29 is 9.53 Å². The number of piperidine rings is 1. The third-order valence-corrected chi connectivity index (χ3v) is 4.51. The van der Waals surface area contributed by atoms with E-state index in [0.717, 1.165) is 55.9 Å². The number of hydrogen-bond donors (Lipinski definition) is 2. The first-order valence-electron chi connectivity index (χ1n) is 8.83. The highest BCUT2D eigenvalue weighted by Gasteiger charge is 2.26. The number of amides is 1. The first-order valence-corrected chi connectivity index (χ1v) is 8.83. The summed E-state index contributed by atoms with van der Waals surface area (Å²) < 4.78 is 5.28. The van der Waals surface area contributed by atoms with Crippen molar-refractivity contribution in [2.24, 2.45) is 5.92 Å². The molecule has 1 fully saturated rings. The standard InChI is InChI=1S/C18H26N4O2/c1-2-24-13-5-10-19-17(23)14-8-11-22(12-9-14)18-20-15-6-3-4-7-16(15)21-18/h3-4,6-7,14H,2,5,8-13H2,1H3,(H,19,23)(H,20,21). The third-order valence-electron chi connectivity index (χ3n) is 4.51. The summed E-state index contributed by atoms with van der Waals surface area (Å²) in [5, 5.41) is 3.03. The second-order valence-electron chi connectivity index (χ2n) is 6.18. The van der Waals surface area contributed by atoms with Crippen molar-refractivity contribution >= 4 is 22.9 Å². The van der Waals surface area contributed by atoms with Gasteiger partial charge in [-0.05, 0) is 38.3 Å². The van der Waals surface area contributed by atoms with E-state index in [4.69, 9.17) is 4.74 Å². The van der Waals surface area contributed by atoms with E-state index in [-0.39, 0.29) is 11.8 Å². The van der Waals surface area contributed by atoms with Crippen molar-refractivity contribution in [1.29, 1.82) is 0 Å². The molecule has 0 aliphatic carbocycles. The van der Waals surface area contributed by atoms with Crippen molar-refractivity contribution in [3.63, 3.8) is 0 Å². The smallest absolute Gasteiger partial charge is 0.223 e. The summed E-state index contributed by atoms with van der Waals surface area (Å²) in [6, 6.07) is 8.05. The fourth-order valence-electron chi connectivity index (χ4n) is 3.12. The Bertz CT molecular complexity index is 629. The highest BCUT2D eigenvalue weighted by atomic mass is 16.5. The molecule has 6 heteroatoms. The zero-order valence-corrected chi connectivity index (χ0v) is 14.3. The Kier molecular flexibility index (Phi) is 5.69. The van der Waals surface area contributed by atoms with Crippen LogP contribution in [-0.2, 0) is 9.53 Å².